The fourth-order valence-corrected chi connectivity index (χ4v) is 5.33. The first-order valence-corrected chi connectivity index (χ1v) is 12.3. The van der Waals surface area contributed by atoms with E-state index in [1.54, 1.807) is 0 Å². The number of hydrogen-bond acceptors (Lipinski definition) is 4. The minimum atomic E-state index is 0.160. The number of likely N-dealkylation sites (N-methyl/N-ethyl adjacent to an activating group) is 1. The van der Waals surface area contributed by atoms with Gasteiger partial charge < -0.3 is 20.0 Å². The average molecular weight is 451 g/mol. The molecule has 0 atom stereocenters. The maximum Gasteiger partial charge on any atom is 0.241 e. The number of nitrogens with zero attached hydrogens (tertiary/aromatic N) is 3. The Balaban J connectivity index is 1.62. The van der Waals surface area contributed by atoms with Crippen LogP contribution in [0.1, 0.15) is 47.6 Å². The second kappa shape index (κ2) is 10.5. The predicted molar refractivity (Wildman–Crippen MR) is 142 cm³/mol. The summed E-state index contributed by atoms with van der Waals surface area (Å²) in [4.78, 5) is 19.7. The van der Waals surface area contributed by atoms with Gasteiger partial charge in [0.2, 0.25) is 5.91 Å². The van der Waals surface area contributed by atoms with Gasteiger partial charge in [0, 0.05) is 57.3 Å². The number of anilines is 3. The van der Waals surface area contributed by atoms with Gasteiger partial charge in [0.1, 0.15) is 0 Å². The molecule has 1 saturated heterocycles. The van der Waals surface area contributed by atoms with Crippen molar-refractivity contribution in [1.82, 2.24) is 4.90 Å². The molecule has 1 fully saturated rings. The Morgan fingerprint density at radius 1 is 0.970 bits per heavy atom. The van der Waals surface area contributed by atoms with Crippen LogP contribution in [0.5, 0.6) is 0 Å². The van der Waals surface area contributed by atoms with Gasteiger partial charge in [-0.25, -0.2) is 0 Å². The van der Waals surface area contributed by atoms with Crippen LogP contribution in [0.3, 0.4) is 0 Å². The second-order valence-corrected chi connectivity index (χ2v) is 9.68. The van der Waals surface area contributed by atoms with Crippen LogP contribution >= 0.6 is 0 Å². The van der Waals surface area contributed by atoms with E-state index >= 15 is 0 Å². The molecule has 0 saturated carbocycles. The first-order valence-electron chi connectivity index (χ1n) is 12.3. The van der Waals surface area contributed by atoms with Crippen molar-refractivity contribution in [1.29, 1.82) is 0 Å². The third-order valence-electron chi connectivity index (χ3n) is 7.57. The molecule has 1 heterocycles. The highest BCUT2D eigenvalue weighted by Gasteiger charge is 2.26. The highest BCUT2D eigenvalue weighted by Crippen LogP contribution is 2.35. The number of benzene rings is 2. The fraction of sp³-hybridized carbons (Fsp3) is 0.536. The van der Waals surface area contributed by atoms with Crippen molar-refractivity contribution in [2.24, 2.45) is 0 Å². The van der Waals surface area contributed by atoms with Crippen LogP contribution in [0.25, 0.3) is 0 Å². The summed E-state index contributed by atoms with van der Waals surface area (Å²) in [5.41, 5.74) is 10.1. The van der Waals surface area contributed by atoms with E-state index in [1.807, 2.05) is 11.9 Å². The molecule has 2 aromatic rings. The SMILES string of the molecule is CCc1ccccc1N1CCC(N(C)C(=O)CNc2c(C)c(C)c(N(C)C)c(C)c2C)CC1. The van der Waals surface area contributed by atoms with Gasteiger partial charge in [0.15, 0.2) is 0 Å². The lowest BCUT2D eigenvalue weighted by atomic mass is 9.95. The van der Waals surface area contributed by atoms with Gasteiger partial charge >= 0.3 is 0 Å². The third kappa shape index (κ3) is 5.13. The smallest absolute Gasteiger partial charge is 0.241 e. The highest BCUT2D eigenvalue weighted by atomic mass is 16.2. The molecule has 0 aliphatic carbocycles. The van der Waals surface area contributed by atoms with E-state index in [9.17, 15) is 4.79 Å². The highest BCUT2D eigenvalue weighted by molar-refractivity contribution is 5.83. The van der Waals surface area contributed by atoms with Crippen LogP contribution < -0.4 is 15.1 Å². The van der Waals surface area contributed by atoms with Gasteiger partial charge in [-0.2, -0.15) is 0 Å². The zero-order chi connectivity index (χ0) is 24.3. The molecule has 1 N–H and O–H groups in total. The number of carbonyl (C=O) groups excluding carboxylic acids is 1. The Morgan fingerprint density at radius 3 is 2.09 bits per heavy atom. The average Bonchev–Trinajstić information content (AvgIpc) is 2.82. The van der Waals surface area contributed by atoms with Crippen molar-refractivity contribution in [2.75, 3.05) is 55.9 Å². The van der Waals surface area contributed by atoms with E-state index in [-0.39, 0.29) is 5.91 Å². The van der Waals surface area contributed by atoms with Gasteiger partial charge in [-0.05, 0) is 80.8 Å². The molecule has 180 valence electrons. The Morgan fingerprint density at radius 2 is 1.55 bits per heavy atom. The monoisotopic (exact) mass is 450 g/mol. The molecular weight excluding hydrogens is 408 g/mol. The maximum atomic E-state index is 13.1. The Hall–Kier alpha value is -2.69. The van der Waals surface area contributed by atoms with Gasteiger partial charge in [-0.1, -0.05) is 25.1 Å². The zero-order valence-corrected chi connectivity index (χ0v) is 21.9. The number of carbonyl (C=O) groups is 1. The predicted octanol–water partition coefficient (Wildman–Crippen LogP) is 5.09. The molecule has 33 heavy (non-hydrogen) atoms. The summed E-state index contributed by atoms with van der Waals surface area (Å²) in [6.07, 6.45) is 3.07. The summed E-state index contributed by atoms with van der Waals surface area (Å²) in [6, 6.07) is 9.00. The first kappa shape index (κ1) is 24.9. The molecule has 2 aromatic carbocycles. The molecule has 0 bridgehead atoms. The standard InChI is InChI=1S/C28H42N4O/c1-9-23-12-10-11-13-25(23)32-16-14-24(15-17-32)31(8)26(33)18-29-27-19(2)21(4)28(30(6)7)22(5)20(27)3/h10-13,24,29H,9,14-18H2,1-8H3. The van der Waals surface area contributed by atoms with Crippen molar-refractivity contribution in [3.05, 3.63) is 52.1 Å². The summed E-state index contributed by atoms with van der Waals surface area (Å²) >= 11 is 0. The molecule has 3 rings (SSSR count). The zero-order valence-electron chi connectivity index (χ0n) is 21.9. The largest absolute Gasteiger partial charge is 0.377 e. The molecule has 1 aliphatic heterocycles. The summed E-state index contributed by atoms with van der Waals surface area (Å²) in [5.74, 6) is 0.160. The van der Waals surface area contributed by atoms with Crippen LogP contribution in [0, 0.1) is 27.7 Å². The van der Waals surface area contributed by atoms with Crippen LogP contribution in [-0.4, -0.2) is 57.6 Å². The third-order valence-corrected chi connectivity index (χ3v) is 7.57. The van der Waals surface area contributed by atoms with Gasteiger partial charge in [-0.15, -0.1) is 0 Å². The Kier molecular flexibility index (Phi) is 7.93. The number of aryl methyl sites for hydroxylation is 1. The lowest BCUT2D eigenvalue weighted by molar-refractivity contribution is -0.130. The Labute approximate surface area is 200 Å². The molecule has 1 amide bonds. The van der Waals surface area contributed by atoms with Crippen molar-refractivity contribution < 1.29 is 4.79 Å². The summed E-state index contributed by atoms with van der Waals surface area (Å²) in [5, 5.41) is 3.48. The van der Waals surface area contributed by atoms with E-state index in [1.165, 1.54) is 39.2 Å². The van der Waals surface area contributed by atoms with Crippen molar-refractivity contribution in [2.45, 2.75) is 59.9 Å². The van der Waals surface area contributed by atoms with E-state index in [0.717, 1.165) is 38.0 Å². The fourth-order valence-electron chi connectivity index (χ4n) is 5.33. The molecule has 1 aliphatic rings. The summed E-state index contributed by atoms with van der Waals surface area (Å²) < 4.78 is 0. The van der Waals surface area contributed by atoms with Crippen molar-refractivity contribution >= 4 is 23.0 Å². The van der Waals surface area contributed by atoms with Gasteiger partial charge in [-0.3, -0.25) is 4.79 Å². The molecule has 5 nitrogen and oxygen atoms in total. The molecule has 0 unspecified atom stereocenters. The number of nitrogens with one attached hydrogen (secondary N) is 1. The van der Waals surface area contributed by atoms with Crippen molar-refractivity contribution in [3.63, 3.8) is 0 Å². The van der Waals surface area contributed by atoms with E-state index in [2.05, 4.69) is 88.1 Å². The van der Waals surface area contributed by atoms with Crippen LogP contribution in [0.2, 0.25) is 0 Å². The first-order chi connectivity index (χ1) is 15.7. The van der Waals surface area contributed by atoms with Crippen LogP contribution in [-0.2, 0) is 11.2 Å². The van der Waals surface area contributed by atoms with Crippen LogP contribution in [0.4, 0.5) is 17.1 Å². The number of piperidine rings is 1. The van der Waals surface area contributed by atoms with Gasteiger partial charge in [0.05, 0.1) is 6.54 Å². The molecule has 0 spiro atoms. The summed E-state index contributed by atoms with van der Waals surface area (Å²) in [6.45, 7) is 13.2. The lowest BCUT2D eigenvalue weighted by Crippen LogP contribution is -2.47. The van der Waals surface area contributed by atoms with E-state index < -0.39 is 0 Å². The minimum absolute atomic E-state index is 0.160. The number of hydrogen-bond donors (Lipinski definition) is 1. The quantitative estimate of drug-likeness (QED) is 0.638. The topological polar surface area (TPSA) is 38.8 Å². The molecule has 5 heteroatoms. The Bertz CT molecular complexity index is 961. The van der Waals surface area contributed by atoms with E-state index in [4.69, 9.17) is 0 Å². The minimum Gasteiger partial charge on any atom is -0.377 e. The van der Waals surface area contributed by atoms with E-state index in [0.29, 0.717) is 12.6 Å². The normalized spacial score (nSPS) is 14.4. The van der Waals surface area contributed by atoms with Crippen molar-refractivity contribution in [3.8, 4) is 0 Å². The number of para-hydroxylation sites is 1. The summed E-state index contributed by atoms with van der Waals surface area (Å²) in [7, 11) is 6.15. The van der Waals surface area contributed by atoms with Gasteiger partial charge in [0.25, 0.3) is 0 Å². The second-order valence-electron chi connectivity index (χ2n) is 9.68. The van der Waals surface area contributed by atoms with Crippen LogP contribution in [0.15, 0.2) is 24.3 Å². The number of amides is 1. The molecule has 0 aromatic heterocycles. The lowest BCUT2D eigenvalue weighted by Gasteiger charge is -2.38. The number of rotatable bonds is 7. The maximum absolute atomic E-state index is 13.1. The molecule has 0 radical (unpaired) electrons. The molecular formula is C28H42N4O.